The van der Waals surface area contributed by atoms with E-state index >= 15 is 0 Å². The molecule has 586 valence electrons. The summed E-state index contributed by atoms with van der Waals surface area (Å²) in [4.78, 5) is 22.5. The maximum atomic E-state index is 12.9. The summed E-state index contributed by atoms with van der Waals surface area (Å²) in [6.07, 6.45) is 87.0. The molecule has 10 nitrogen and oxygen atoms in total. The molecule has 0 aliphatic carbocycles. The summed E-state index contributed by atoms with van der Waals surface area (Å²) < 4.78 is 5.77. The fourth-order valence-electron chi connectivity index (χ4n) is 13.5. The summed E-state index contributed by atoms with van der Waals surface area (Å²) in [6.45, 7) is 19.6. The molecule has 0 bridgehead atoms. The highest BCUT2D eigenvalue weighted by Gasteiger charge is 2.20. The molecule has 4 N–H and O–H groups in total. The monoisotopic (exact) mass is 1440 g/mol. The first-order valence-electron chi connectivity index (χ1n) is 43.1. The van der Waals surface area contributed by atoms with Crippen LogP contribution < -0.4 is 0 Å². The number of ether oxygens (including phenoxy) is 1. The van der Waals surface area contributed by atoms with Gasteiger partial charge in [0.05, 0.1) is 24.4 Å². The zero-order valence-electron chi connectivity index (χ0n) is 66.3. The minimum Gasteiger partial charge on any atom is -0.464 e. The number of carbonyl (C=O) groups excluding carboxylic acids is 1. The minimum atomic E-state index is -0.404. The molecule has 4 unspecified atom stereocenters. The number of aliphatic hydroxyl groups is 4. The second-order valence-electron chi connectivity index (χ2n) is 29.9. The maximum Gasteiger partial charge on any atom is 0.305 e. The summed E-state index contributed by atoms with van der Waals surface area (Å²) in [5.74, 6) is 2.04. The topological polar surface area (TPSA) is 120 Å². The minimum absolute atomic E-state index is 0.121. The molecule has 0 aromatic carbocycles. The molecule has 100 heavy (non-hydrogen) atoms. The quantitative estimate of drug-likeness (QED) is 0.0201. The third-order valence-electron chi connectivity index (χ3n) is 20.0. The Morgan fingerprint density at radius 3 is 0.980 bits per heavy atom. The molecular weight excluding hydrogens is 1270 g/mol. The number of carbonyl (C=O) groups is 1. The highest BCUT2D eigenvalue weighted by atomic mass is 33.1. The lowest BCUT2D eigenvalue weighted by Crippen LogP contribution is -2.47. The molecule has 1 fully saturated rings. The second-order valence-corrected chi connectivity index (χ2v) is 32.6. The Morgan fingerprint density at radius 2 is 0.620 bits per heavy atom. The summed E-state index contributed by atoms with van der Waals surface area (Å²) >= 11 is 0. The van der Waals surface area contributed by atoms with Gasteiger partial charge in [-0.2, -0.15) is 0 Å². The lowest BCUT2D eigenvalue weighted by molar-refractivity contribution is -0.144. The Kier molecular flexibility index (Phi) is 75.5. The molecule has 0 saturated carbocycles. The van der Waals surface area contributed by atoms with Crippen molar-refractivity contribution >= 4 is 27.6 Å². The molecule has 0 amide bonds. The van der Waals surface area contributed by atoms with Gasteiger partial charge in [0.2, 0.25) is 0 Å². The maximum absolute atomic E-state index is 12.9. The van der Waals surface area contributed by atoms with E-state index in [2.05, 4.69) is 120 Å². The molecule has 1 aliphatic rings. The van der Waals surface area contributed by atoms with Gasteiger partial charge in [-0.15, -0.1) is 0 Å². The molecule has 0 aromatic heterocycles. The Bertz CT molecular complexity index is 1760. The van der Waals surface area contributed by atoms with Gasteiger partial charge in [0.1, 0.15) is 6.61 Å². The number of nitrogens with zero attached hydrogens (tertiary/aromatic N) is 4. The molecule has 1 aliphatic heterocycles. The fraction of sp³-hybridized carbons (Fsp3) is 0.852. The largest absolute Gasteiger partial charge is 0.464 e. The van der Waals surface area contributed by atoms with Crippen molar-refractivity contribution in [1.82, 2.24) is 19.6 Å². The second kappa shape index (κ2) is 78.4. The van der Waals surface area contributed by atoms with Crippen molar-refractivity contribution < 1.29 is 30.0 Å². The normalized spacial score (nSPS) is 15.0. The van der Waals surface area contributed by atoms with Gasteiger partial charge in [0, 0.05) is 83.4 Å². The smallest absolute Gasteiger partial charge is 0.305 e. The SMILES string of the molecule is CCCCC/C=C\C/C=C\CCCCCCC(O)CN(CCCSSCCN1CCN(CCOC(=O)CCCCN(CC(O)CCCCCC/C=C\CCCCCCCC)CC(O)CCCCCC/C=C\CCCCCCCC)CC1)CC(O)CCCCCC/C=C\C/C=C\CCCCC. The number of hydrogen-bond acceptors (Lipinski definition) is 12. The van der Waals surface area contributed by atoms with Crippen LogP contribution in [0.4, 0.5) is 0 Å². The summed E-state index contributed by atoms with van der Waals surface area (Å²) in [6, 6.07) is 0. The molecular formula is C88H166N4O6S2. The molecule has 0 radical (unpaired) electrons. The summed E-state index contributed by atoms with van der Waals surface area (Å²) in [5.41, 5.74) is 0. The Morgan fingerprint density at radius 1 is 0.340 bits per heavy atom. The van der Waals surface area contributed by atoms with Crippen LogP contribution in [0.5, 0.6) is 0 Å². The van der Waals surface area contributed by atoms with E-state index in [9.17, 15) is 25.2 Å². The van der Waals surface area contributed by atoms with Crippen molar-refractivity contribution in [1.29, 1.82) is 0 Å². The van der Waals surface area contributed by atoms with Crippen LogP contribution in [0.15, 0.2) is 72.9 Å². The molecule has 1 heterocycles. The number of rotatable bonds is 78. The van der Waals surface area contributed by atoms with Crippen molar-refractivity contribution in [3.8, 4) is 0 Å². The van der Waals surface area contributed by atoms with Crippen molar-refractivity contribution in [2.24, 2.45) is 0 Å². The van der Waals surface area contributed by atoms with E-state index in [0.29, 0.717) is 39.2 Å². The van der Waals surface area contributed by atoms with Gasteiger partial charge < -0.3 is 25.2 Å². The van der Waals surface area contributed by atoms with Crippen LogP contribution in [-0.4, -0.2) is 167 Å². The summed E-state index contributed by atoms with van der Waals surface area (Å²) in [5, 5.41) is 44.8. The lowest BCUT2D eigenvalue weighted by atomic mass is 10.1. The van der Waals surface area contributed by atoms with Crippen LogP contribution in [0.3, 0.4) is 0 Å². The van der Waals surface area contributed by atoms with Gasteiger partial charge in [-0.25, -0.2) is 0 Å². The average molecular weight is 1440 g/mol. The zero-order valence-corrected chi connectivity index (χ0v) is 68.0. The van der Waals surface area contributed by atoms with Crippen molar-refractivity contribution in [2.45, 2.75) is 386 Å². The van der Waals surface area contributed by atoms with Crippen LogP contribution in [0, 0.1) is 0 Å². The molecule has 1 rings (SSSR count). The first kappa shape index (κ1) is 96.3. The zero-order chi connectivity index (χ0) is 72.2. The predicted molar refractivity (Wildman–Crippen MR) is 443 cm³/mol. The number of esters is 1. The van der Waals surface area contributed by atoms with E-state index in [-0.39, 0.29) is 18.2 Å². The first-order chi connectivity index (χ1) is 49.2. The molecule has 0 spiro atoms. The Hall–Kier alpha value is -1.71. The van der Waals surface area contributed by atoms with Crippen molar-refractivity contribution in [2.75, 3.05) is 96.6 Å². The fourth-order valence-corrected chi connectivity index (χ4v) is 15.6. The number of piperazine rings is 1. The molecule has 1 saturated heterocycles. The van der Waals surface area contributed by atoms with E-state index in [0.717, 1.165) is 199 Å². The van der Waals surface area contributed by atoms with Crippen molar-refractivity contribution in [3.63, 3.8) is 0 Å². The van der Waals surface area contributed by atoms with Gasteiger partial charge in [-0.3, -0.25) is 24.4 Å². The average Bonchev–Trinajstić information content (AvgIpc) is 1.79. The van der Waals surface area contributed by atoms with Crippen LogP contribution in [0.1, 0.15) is 362 Å². The highest BCUT2D eigenvalue weighted by Crippen LogP contribution is 2.23. The van der Waals surface area contributed by atoms with Gasteiger partial charge in [0.25, 0.3) is 0 Å². The number of allylic oxidation sites excluding steroid dienone is 12. The standard InChI is InChI=1S/C88H166N4O6S2/c1-5-9-13-17-21-25-29-33-37-41-45-49-53-57-64-84(93)80-91(81-85(94)65-58-54-50-46-42-38-34-30-26-22-18-14-10-6-2)69-62-61-68-88(97)98-77-75-89-71-73-90(74-72-89)76-79-100-99-78-63-70-92(82-86(95)66-59-55-51-47-43-39-35-31-27-23-19-15-11-7-3)83-87(96)67-60-56-52-48-44-40-36-32-28-24-20-16-12-8-4/h23-24,27-28,33-40,84-87,93-96H,5-22,25-26,29-32,41-83H2,1-4H3/b27-23-,28-24-,37-33-,38-34-,39-35-,40-36-. The predicted octanol–water partition coefficient (Wildman–Crippen LogP) is 23.3. The van der Waals surface area contributed by atoms with Crippen LogP contribution in [0.25, 0.3) is 0 Å². The number of unbranched alkanes of at least 4 members (excludes halogenated alkanes) is 35. The van der Waals surface area contributed by atoms with Crippen LogP contribution >= 0.6 is 21.6 Å². The van der Waals surface area contributed by atoms with E-state index in [1.165, 1.54) is 193 Å². The van der Waals surface area contributed by atoms with E-state index in [4.69, 9.17) is 4.74 Å². The first-order valence-corrected chi connectivity index (χ1v) is 45.6. The molecule has 4 atom stereocenters. The third kappa shape index (κ3) is 70.6. The third-order valence-corrected chi connectivity index (χ3v) is 22.4. The van der Waals surface area contributed by atoms with Gasteiger partial charge in [-0.1, -0.05) is 289 Å². The van der Waals surface area contributed by atoms with E-state index in [1.807, 2.05) is 21.6 Å². The lowest BCUT2D eigenvalue weighted by Gasteiger charge is -2.34. The Balaban J connectivity index is 2.46. The highest BCUT2D eigenvalue weighted by molar-refractivity contribution is 8.76. The van der Waals surface area contributed by atoms with Gasteiger partial charge in [-0.05, 0) is 174 Å². The molecule has 0 aromatic rings. The van der Waals surface area contributed by atoms with Gasteiger partial charge >= 0.3 is 5.97 Å². The number of aliphatic hydroxyl groups excluding tert-OH is 4. The molecule has 12 heteroatoms. The van der Waals surface area contributed by atoms with Gasteiger partial charge in [0.15, 0.2) is 0 Å². The van der Waals surface area contributed by atoms with E-state index < -0.39 is 12.2 Å². The summed E-state index contributed by atoms with van der Waals surface area (Å²) in [7, 11) is 3.94. The van der Waals surface area contributed by atoms with Crippen LogP contribution in [-0.2, 0) is 9.53 Å². The number of hydrogen-bond donors (Lipinski definition) is 4. The van der Waals surface area contributed by atoms with E-state index in [1.54, 1.807) is 0 Å². The van der Waals surface area contributed by atoms with Crippen molar-refractivity contribution in [3.05, 3.63) is 72.9 Å². The van der Waals surface area contributed by atoms with Crippen LogP contribution in [0.2, 0.25) is 0 Å². The Labute approximate surface area is 628 Å².